The van der Waals surface area contributed by atoms with Crippen molar-refractivity contribution in [3.05, 3.63) is 29.3 Å². The van der Waals surface area contributed by atoms with Crippen LogP contribution in [-0.4, -0.2) is 25.0 Å². The van der Waals surface area contributed by atoms with E-state index in [4.69, 9.17) is 5.73 Å². The number of carbonyl (C=O) groups is 1. The standard InChI is InChI=1S/C20H30N4O/c21-20(23-13-12-22-19(25)14-15-6-1-2-7-15)24-18-11-5-9-16-8-3-4-10-17(16)18/h5,9,11,15H,1-4,6-8,10,12-14H2,(H,22,25)(H3,21,23,24). The quantitative estimate of drug-likeness (QED) is 0.422. The summed E-state index contributed by atoms with van der Waals surface area (Å²) >= 11 is 0. The Kier molecular flexibility index (Phi) is 6.31. The monoisotopic (exact) mass is 342 g/mol. The highest BCUT2D eigenvalue weighted by Crippen LogP contribution is 2.28. The van der Waals surface area contributed by atoms with Crippen molar-refractivity contribution in [2.45, 2.75) is 57.8 Å². The van der Waals surface area contributed by atoms with Crippen LogP contribution in [0.2, 0.25) is 0 Å². The van der Waals surface area contributed by atoms with E-state index in [1.54, 1.807) is 0 Å². The Hall–Kier alpha value is -2.04. The van der Waals surface area contributed by atoms with Crippen LogP contribution in [0.4, 0.5) is 5.69 Å². The highest BCUT2D eigenvalue weighted by atomic mass is 16.1. The molecule has 1 saturated carbocycles. The number of aryl methyl sites for hydroxylation is 1. The van der Waals surface area contributed by atoms with Crippen LogP contribution in [0, 0.1) is 5.92 Å². The van der Waals surface area contributed by atoms with E-state index in [-0.39, 0.29) is 5.91 Å². The molecule has 25 heavy (non-hydrogen) atoms. The molecule has 0 spiro atoms. The summed E-state index contributed by atoms with van der Waals surface area (Å²) in [6.45, 7) is 1.05. The van der Waals surface area contributed by atoms with Crippen molar-refractivity contribution in [2.24, 2.45) is 16.6 Å². The lowest BCUT2D eigenvalue weighted by atomic mass is 9.90. The highest BCUT2D eigenvalue weighted by Gasteiger charge is 2.18. The lowest BCUT2D eigenvalue weighted by molar-refractivity contribution is -0.121. The minimum absolute atomic E-state index is 0.144. The molecule has 1 aromatic rings. The molecule has 1 aromatic carbocycles. The molecule has 0 saturated heterocycles. The number of fused-ring (bicyclic) bond motifs is 1. The molecule has 0 bridgehead atoms. The van der Waals surface area contributed by atoms with E-state index in [1.807, 2.05) is 0 Å². The molecule has 0 aliphatic heterocycles. The third kappa shape index (κ3) is 5.21. The molecule has 0 aromatic heterocycles. The van der Waals surface area contributed by atoms with E-state index in [0.717, 1.165) is 18.5 Å². The van der Waals surface area contributed by atoms with Gasteiger partial charge in [0.15, 0.2) is 5.96 Å². The average molecular weight is 342 g/mol. The Balaban J connectivity index is 1.42. The first kappa shape index (κ1) is 17.8. The number of hydrogen-bond donors (Lipinski definition) is 3. The lowest BCUT2D eigenvalue weighted by Crippen LogP contribution is -2.29. The molecule has 136 valence electrons. The number of aliphatic imine (C=N–C) groups is 1. The van der Waals surface area contributed by atoms with Gasteiger partial charge in [0.2, 0.25) is 5.91 Å². The summed E-state index contributed by atoms with van der Waals surface area (Å²) in [5.41, 5.74) is 9.88. The van der Waals surface area contributed by atoms with E-state index in [2.05, 4.69) is 33.8 Å². The van der Waals surface area contributed by atoms with Gasteiger partial charge in [0.1, 0.15) is 0 Å². The number of nitrogens with two attached hydrogens (primary N) is 1. The number of rotatable bonds is 6. The van der Waals surface area contributed by atoms with Crippen molar-refractivity contribution in [3.63, 3.8) is 0 Å². The number of nitrogens with one attached hydrogen (secondary N) is 2. The van der Waals surface area contributed by atoms with Gasteiger partial charge in [0.05, 0.1) is 6.54 Å². The van der Waals surface area contributed by atoms with Crippen molar-refractivity contribution in [2.75, 3.05) is 18.4 Å². The van der Waals surface area contributed by atoms with Crippen LogP contribution in [0.25, 0.3) is 0 Å². The molecule has 0 radical (unpaired) electrons. The van der Waals surface area contributed by atoms with Crippen LogP contribution in [-0.2, 0) is 17.6 Å². The molecule has 2 aliphatic carbocycles. The second kappa shape index (κ2) is 8.88. The molecule has 1 fully saturated rings. The molecule has 5 heteroatoms. The Labute approximate surface area is 150 Å². The fraction of sp³-hybridized carbons (Fsp3) is 0.600. The zero-order chi connectivity index (χ0) is 17.5. The fourth-order valence-corrected chi connectivity index (χ4v) is 4.00. The van der Waals surface area contributed by atoms with Crippen LogP contribution in [0.15, 0.2) is 23.2 Å². The summed E-state index contributed by atoms with van der Waals surface area (Å²) in [6.07, 6.45) is 10.3. The number of benzene rings is 1. The Morgan fingerprint density at radius 1 is 1.16 bits per heavy atom. The highest BCUT2D eigenvalue weighted by molar-refractivity contribution is 5.93. The van der Waals surface area contributed by atoms with E-state index >= 15 is 0 Å². The van der Waals surface area contributed by atoms with Crippen molar-refractivity contribution in [3.8, 4) is 0 Å². The summed E-state index contributed by atoms with van der Waals surface area (Å²) in [5, 5.41) is 6.18. The molecule has 1 amide bonds. The number of carbonyl (C=O) groups excluding carboxylic acids is 1. The molecule has 3 rings (SSSR count). The molecule has 0 heterocycles. The van der Waals surface area contributed by atoms with Crippen LogP contribution in [0.1, 0.15) is 56.1 Å². The Morgan fingerprint density at radius 2 is 1.96 bits per heavy atom. The van der Waals surface area contributed by atoms with Gasteiger partial charge in [-0.05, 0) is 61.6 Å². The number of nitrogens with zero attached hydrogens (tertiary/aromatic N) is 1. The predicted molar refractivity (Wildman–Crippen MR) is 103 cm³/mol. The van der Waals surface area contributed by atoms with Gasteiger partial charge in [-0.25, -0.2) is 0 Å². The minimum Gasteiger partial charge on any atom is -0.370 e. The van der Waals surface area contributed by atoms with E-state index in [0.29, 0.717) is 31.4 Å². The van der Waals surface area contributed by atoms with Gasteiger partial charge < -0.3 is 16.4 Å². The Bertz CT molecular complexity index is 620. The van der Waals surface area contributed by atoms with E-state index in [1.165, 1.54) is 49.7 Å². The molecule has 4 N–H and O–H groups in total. The normalized spacial score (nSPS) is 18.0. The number of guanidine groups is 1. The maximum atomic E-state index is 11.9. The van der Waals surface area contributed by atoms with Crippen molar-refractivity contribution in [1.82, 2.24) is 5.32 Å². The molecular formula is C20H30N4O. The summed E-state index contributed by atoms with van der Waals surface area (Å²) in [6, 6.07) is 6.34. The summed E-state index contributed by atoms with van der Waals surface area (Å²) in [4.78, 5) is 16.2. The molecule has 0 unspecified atom stereocenters. The number of amides is 1. The minimum atomic E-state index is 0.144. The third-order valence-electron chi connectivity index (χ3n) is 5.32. The van der Waals surface area contributed by atoms with Crippen molar-refractivity contribution in [1.29, 1.82) is 0 Å². The molecule has 2 aliphatic rings. The number of hydrogen-bond acceptors (Lipinski definition) is 2. The van der Waals surface area contributed by atoms with Crippen molar-refractivity contribution < 1.29 is 4.79 Å². The zero-order valence-electron chi connectivity index (χ0n) is 15.0. The van der Waals surface area contributed by atoms with Gasteiger partial charge in [-0.15, -0.1) is 0 Å². The summed E-state index contributed by atoms with van der Waals surface area (Å²) in [7, 11) is 0. The van der Waals surface area contributed by atoms with Gasteiger partial charge in [-0.1, -0.05) is 25.0 Å². The molecule has 5 nitrogen and oxygen atoms in total. The second-order valence-electron chi connectivity index (χ2n) is 7.25. The van der Waals surface area contributed by atoms with Crippen LogP contribution in [0.5, 0.6) is 0 Å². The SMILES string of the molecule is NC(=NCCNC(=O)CC1CCCC1)Nc1cccc2c1CCCC2. The summed E-state index contributed by atoms with van der Waals surface area (Å²) in [5.74, 6) is 1.15. The van der Waals surface area contributed by atoms with Gasteiger partial charge in [-0.2, -0.15) is 0 Å². The predicted octanol–water partition coefficient (Wildman–Crippen LogP) is 2.99. The second-order valence-corrected chi connectivity index (χ2v) is 7.25. The van der Waals surface area contributed by atoms with Crippen molar-refractivity contribution >= 4 is 17.6 Å². The van der Waals surface area contributed by atoms with Gasteiger partial charge in [0.25, 0.3) is 0 Å². The average Bonchev–Trinajstić information content (AvgIpc) is 3.12. The maximum Gasteiger partial charge on any atom is 0.220 e. The molecule has 0 atom stereocenters. The number of anilines is 1. The van der Waals surface area contributed by atoms with E-state index in [9.17, 15) is 4.79 Å². The first-order valence-corrected chi connectivity index (χ1v) is 9.67. The fourth-order valence-electron chi connectivity index (χ4n) is 4.00. The first-order valence-electron chi connectivity index (χ1n) is 9.67. The van der Waals surface area contributed by atoms with Gasteiger partial charge >= 0.3 is 0 Å². The topological polar surface area (TPSA) is 79.5 Å². The lowest BCUT2D eigenvalue weighted by Gasteiger charge is -2.19. The molecular weight excluding hydrogens is 312 g/mol. The van der Waals surface area contributed by atoms with Crippen LogP contribution in [0.3, 0.4) is 0 Å². The largest absolute Gasteiger partial charge is 0.370 e. The van der Waals surface area contributed by atoms with Crippen LogP contribution >= 0.6 is 0 Å². The zero-order valence-corrected chi connectivity index (χ0v) is 15.0. The van der Waals surface area contributed by atoms with Gasteiger partial charge in [0, 0.05) is 18.7 Å². The summed E-state index contributed by atoms with van der Waals surface area (Å²) < 4.78 is 0. The van der Waals surface area contributed by atoms with Gasteiger partial charge in [-0.3, -0.25) is 9.79 Å². The third-order valence-corrected chi connectivity index (χ3v) is 5.32. The maximum absolute atomic E-state index is 11.9. The first-order chi connectivity index (χ1) is 12.2. The van der Waals surface area contributed by atoms with E-state index < -0.39 is 0 Å². The smallest absolute Gasteiger partial charge is 0.220 e. The Morgan fingerprint density at radius 3 is 2.80 bits per heavy atom. The van der Waals surface area contributed by atoms with Crippen LogP contribution < -0.4 is 16.4 Å².